The fourth-order valence-electron chi connectivity index (χ4n) is 0.917. The molecule has 1 nitrogen and oxygen atoms in total. The summed E-state index contributed by atoms with van der Waals surface area (Å²) in [6.07, 6.45) is 4.83. The third-order valence-corrected chi connectivity index (χ3v) is 1.80. The average Bonchev–Trinajstić information content (AvgIpc) is 1.91. The minimum atomic E-state index is 0. The van der Waals surface area contributed by atoms with E-state index in [-0.39, 0.29) is 51.4 Å². The number of hydrogen-bond donors (Lipinski definition) is 1. The van der Waals surface area contributed by atoms with E-state index >= 15 is 0 Å². The zero-order valence-electron chi connectivity index (χ0n) is 6.56. The first kappa shape index (κ1) is 14.1. The molecule has 0 fully saturated rings. The van der Waals surface area contributed by atoms with E-state index in [1.807, 2.05) is 0 Å². The zero-order chi connectivity index (χ0) is 7.11. The second-order valence-electron chi connectivity index (χ2n) is 2.60. The van der Waals surface area contributed by atoms with Crippen LogP contribution in [-0.4, -0.2) is 63.1 Å². The summed E-state index contributed by atoms with van der Waals surface area (Å²) in [5.74, 6) is 0.560. The van der Waals surface area contributed by atoms with E-state index < -0.39 is 0 Å². The van der Waals surface area contributed by atoms with Crippen LogP contribution in [0.2, 0.25) is 0 Å². The Balaban J connectivity index is 0. The van der Waals surface area contributed by atoms with Crippen LogP contribution in [0.5, 0.6) is 0 Å². The van der Waals surface area contributed by atoms with Crippen LogP contribution in [0, 0.1) is 5.92 Å². The summed E-state index contributed by atoms with van der Waals surface area (Å²) < 4.78 is 0. The standard InChI is InChI=1S/C8H18O.K.H/c1-3-5-6-8(4-2)7-9;;/h8-9H,3-7H2,1-2H3;;. The topological polar surface area (TPSA) is 20.2 Å². The first-order chi connectivity index (χ1) is 4.35. The first-order valence-corrected chi connectivity index (χ1v) is 3.96. The Labute approximate surface area is 107 Å². The van der Waals surface area contributed by atoms with Crippen molar-refractivity contribution < 1.29 is 5.11 Å². The van der Waals surface area contributed by atoms with Crippen LogP contribution in [0.1, 0.15) is 39.5 Å². The summed E-state index contributed by atoms with van der Waals surface area (Å²) in [6.45, 7) is 4.69. The van der Waals surface area contributed by atoms with E-state index in [1.165, 1.54) is 19.3 Å². The first-order valence-electron chi connectivity index (χ1n) is 3.96. The fraction of sp³-hybridized carbons (Fsp3) is 1.00. The molecule has 0 saturated carbocycles. The molecule has 0 spiro atoms. The molecule has 0 radical (unpaired) electrons. The number of aliphatic hydroxyl groups excluding tert-OH is 1. The van der Waals surface area contributed by atoms with Gasteiger partial charge in [0.1, 0.15) is 0 Å². The van der Waals surface area contributed by atoms with Crippen molar-refractivity contribution in [1.29, 1.82) is 0 Å². The molecule has 0 aromatic carbocycles. The van der Waals surface area contributed by atoms with Gasteiger partial charge >= 0.3 is 51.4 Å². The molecule has 0 aliphatic rings. The van der Waals surface area contributed by atoms with Crippen molar-refractivity contribution in [3.63, 3.8) is 0 Å². The maximum atomic E-state index is 8.75. The second kappa shape index (κ2) is 10.6. The SMILES string of the molecule is CCCCC(CC)CO.[KH]. The van der Waals surface area contributed by atoms with Crippen molar-refractivity contribution in [1.82, 2.24) is 0 Å². The van der Waals surface area contributed by atoms with Gasteiger partial charge < -0.3 is 5.11 Å². The second-order valence-corrected chi connectivity index (χ2v) is 2.60. The van der Waals surface area contributed by atoms with Gasteiger partial charge in [-0.3, -0.25) is 0 Å². The van der Waals surface area contributed by atoms with Gasteiger partial charge in [-0.2, -0.15) is 0 Å². The maximum absolute atomic E-state index is 8.75. The zero-order valence-corrected chi connectivity index (χ0v) is 6.56. The van der Waals surface area contributed by atoms with Crippen molar-refractivity contribution in [3.05, 3.63) is 0 Å². The monoisotopic (exact) mass is 170 g/mol. The Hall–Kier alpha value is 1.60. The van der Waals surface area contributed by atoms with Crippen molar-refractivity contribution in [3.8, 4) is 0 Å². The molecule has 0 bridgehead atoms. The van der Waals surface area contributed by atoms with Gasteiger partial charge in [0.25, 0.3) is 0 Å². The molecule has 0 rings (SSSR count). The average molecular weight is 170 g/mol. The molecular weight excluding hydrogens is 151 g/mol. The van der Waals surface area contributed by atoms with Crippen LogP contribution in [0.4, 0.5) is 0 Å². The summed E-state index contributed by atoms with van der Waals surface area (Å²) >= 11 is 0. The van der Waals surface area contributed by atoms with Gasteiger partial charge in [0.2, 0.25) is 0 Å². The summed E-state index contributed by atoms with van der Waals surface area (Å²) in [5.41, 5.74) is 0. The van der Waals surface area contributed by atoms with Crippen molar-refractivity contribution in [2.75, 3.05) is 6.61 Å². The molecule has 10 heavy (non-hydrogen) atoms. The Bertz CT molecular complexity index is 53.2. The third kappa shape index (κ3) is 7.70. The minimum absolute atomic E-state index is 0. The van der Waals surface area contributed by atoms with Gasteiger partial charge in [-0.1, -0.05) is 33.1 Å². The summed E-state index contributed by atoms with van der Waals surface area (Å²) in [4.78, 5) is 0. The van der Waals surface area contributed by atoms with E-state index in [1.54, 1.807) is 0 Å². The fourth-order valence-corrected chi connectivity index (χ4v) is 0.917. The van der Waals surface area contributed by atoms with Crippen molar-refractivity contribution in [2.24, 2.45) is 5.92 Å². The van der Waals surface area contributed by atoms with Crippen LogP contribution < -0.4 is 0 Å². The van der Waals surface area contributed by atoms with E-state index in [2.05, 4.69) is 13.8 Å². The molecule has 1 N–H and O–H groups in total. The molecule has 0 aliphatic carbocycles. The van der Waals surface area contributed by atoms with Gasteiger partial charge in [0, 0.05) is 6.61 Å². The quantitative estimate of drug-likeness (QED) is 0.621. The van der Waals surface area contributed by atoms with Gasteiger partial charge in [-0.05, 0) is 12.3 Å². The molecule has 0 aliphatic heterocycles. The number of hydrogen-bond acceptors (Lipinski definition) is 1. The molecule has 2 heteroatoms. The Morgan fingerprint density at radius 3 is 2.20 bits per heavy atom. The molecular formula is C8H19KO. The molecule has 0 amide bonds. The normalized spacial score (nSPS) is 12.3. The van der Waals surface area contributed by atoms with Crippen molar-refractivity contribution in [2.45, 2.75) is 39.5 Å². The van der Waals surface area contributed by atoms with Crippen LogP contribution in [0.3, 0.4) is 0 Å². The molecule has 1 atom stereocenters. The van der Waals surface area contributed by atoms with Gasteiger partial charge in [-0.15, -0.1) is 0 Å². The van der Waals surface area contributed by atoms with Crippen LogP contribution in [0.15, 0.2) is 0 Å². The van der Waals surface area contributed by atoms with E-state index in [9.17, 15) is 0 Å². The predicted octanol–water partition coefficient (Wildman–Crippen LogP) is 1.55. The summed E-state index contributed by atoms with van der Waals surface area (Å²) in [6, 6.07) is 0. The summed E-state index contributed by atoms with van der Waals surface area (Å²) in [5, 5.41) is 8.75. The molecule has 0 saturated heterocycles. The van der Waals surface area contributed by atoms with E-state index in [4.69, 9.17) is 5.11 Å². The van der Waals surface area contributed by atoms with E-state index in [0.717, 1.165) is 6.42 Å². The molecule has 0 heterocycles. The molecule has 0 aromatic rings. The van der Waals surface area contributed by atoms with Gasteiger partial charge in [0.15, 0.2) is 0 Å². The Kier molecular flexibility index (Phi) is 15.0. The number of aliphatic hydroxyl groups is 1. The number of unbranched alkanes of at least 4 members (excludes halogenated alkanes) is 1. The van der Waals surface area contributed by atoms with Gasteiger partial charge in [0.05, 0.1) is 0 Å². The van der Waals surface area contributed by atoms with Crippen LogP contribution in [0.25, 0.3) is 0 Å². The molecule has 1 unspecified atom stereocenters. The van der Waals surface area contributed by atoms with E-state index in [0.29, 0.717) is 12.5 Å². The summed E-state index contributed by atoms with van der Waals surface area (Å²) in [7, 11) is 0. The van der Waals surface area contributed by atoms with Crippen LogP contribution in [-0.2, 0) is 0 Å². The molecule has 0 aromatic heterocycles. The number of rotatable bonds is 5. The molecule has 58 valence electrons. The predicted molar refractivity (Wildman–Crippen MR) is 47.5 cm³/mol. The third-order valence-electron chi connectivity index (χ3n) is 1.80. The van der Waals surface area contributed by atoms with Gasteiger partial charge in [-0.25, -0.2) is 0 Å². The Morgan fingerprint density at radius 1 is 1.30 bits per heavy atom. The van der Waals surface area contributed by atoms with Crippen molar-refractivity contribution >= 4 is 51.4 Å². The van der Waals surface area contributed by atoms with Crippen LogP contribution >= 0.6 is 0 Å². The Morgan fingerprint density at radius 2 is 1.90 bits per heavy atom.